The highest BCUT2D eigenvalue weighted by Crippen LogP contribution is 2.26. The lowest BCUT2D eigenvalue weighted by atomic mass is 10.0. The maximum atomic E-state index is 3.59. The molecule has 1 aromatic heterocycles. The normalized spacial score (nSPS) is 21.4. The zero-order valence-corrected chi connectivity index (χ0v) is 14.6. The summed E-state index contributed by atoms with van der Waals surface area (Å²) in [6.07, 6.45) is 4.13. The van der Waals surface area contributed by atoms with Crippen molar-refractivity contribution >= 4 is 11.3 Å². The third-order valence-corrected chi connectivity index (χ3v) is 5.27. The summed E-state index contributed by atoms with van der Waals surface area (Å²) >= 11 is 1.96. The van der Waals surface area contributed by atoms with E-state index in [0.717, 1.165) is 19.1 Å². The van der Waals surface area contributed by atoms with E-state index >= 15 is 0 Å². The molecule has 1 aliphatic heterocycles. The van der Waals surface area contributed by atoms with Crippen molar-refractivity contribution in [3.63, 3.8) is 0 Å². The lowest BCUT2D eigenvalue weighted by Crippen LogP contribution is -2.36. The van der Waals surface area contributed by atoms with Gasteiger partial charge in [0.25, 0.3) is 0 Å². The molecule has 1 aliphatic rings. The van der Waals surface area contributed by atoms with Crippen LogP contribution in [0.1, 0.15) is 62.3 Å². The quantitative estimate of drug-likeness (QED) is 0.889. The standard InChI is InChI=1S/C17H30N2S/c1-13-8-6-7-9-19(13)12-15-10-16(20-14(15)2)11-18-17(3,4)5/h10,13,18H,6-9,11-12H2,1-5H3. The molecular weight excluding hydrogens is 264 g/mol. The van der Waals surface area contributed by atoms with Crippen LogP contribution in [0, 0.1) is 6.92 Å². The SMILES string of the molecule is Cc1sc(CNC(C)(C)C)cc1CN1CCCCC1C. The van der Waals surface area contributed by atoms with E-state index in [-0.39, 0.29) is 5.54 Å². The van der Waals surface area contributed by atoms with Crippen molar-refractivity contribution in [3.05, 3.63) is 21.4 Å². The average Bonchev–Trinajstić information content (AvgIpc) is 2.70. The molecule has 0 spiro atoms. The van der Waals surface area contributed by atoms with Gasteiger partial charge in [0.1, 0.15) is 0 Å². The van der Waals surface area contributed by atoms with Crippen molar-refractivity contribution in [2.45, 2.75) is 78.6 Å². The van der Waals surface area contributed by atoms with Crippen molar-refractivity contribution in [3.8, 4) is 0 Å². The van der Waals surface area contributed by atoms with E-state index in [9.17, 15) is 0 Å². The molecule has 0 aliphatic carbocycles. The molecule has 20 heavy (non-hydrogen) atoms. The summed E-state index contributed by atoms with van der Waals surface area (Å²) in [6, 6.07) is 3.17. The molecule has 2 nitrogen and oxygen atoms in total. The van der Waals surface area contributed by atoms with Gasteiger partial charge in [-0.1, -0.05) is 6.42 Å². The molecular formula is C17H30N2S. The second-order valence-electron chi connectivity index (χ2n) is 7.21. The van der Waals surface area contributed by atoms with E-state index in [1.807, 2.05) is 11.3 Å². The molecule has 0 amide bonds. The van der Waals surface area contributed by atoms with Crippen LogP contribution in [-0.4, -0.2) is 23.0 Å². The number of nitrogens with one attached hydrogen (secondary N) is 1. The van der Waals surface area contributed by atoms with Crippen LogP contribution in [-0.2, 0) is 13.1 Å². The maximum Gasteiger partial charge on any atom is 0.0304 e. The summed E-state index contributed by atoms with van der Waals surface area (Å²) in [4.78, 5) is 5.62. The van der Waals surface area contributed by atoms with Gasteiger partial charge < -0.3 is 5.32 Å². The lowest BCUT2D eigenvalue weighted by Gasteiger charge is -2.33. The van der Waals surface area contributed by atoms with E-state index < -0.39 is 0 Å². The molecule has 114 valence electrons. The summed E-state index contributed by atoms with van der Waals surface area (Å²) in [5.41, 5.74) is 1.73. The summed E-state index contributed by atoms with van der Waals surface area (Å²) in [5.74, 6) is 0. The van der Waals surface area contributed by atoms with E-state index in [1.165, 1.54) is 41.1 Å². The van der Waals surface area contributed by atoms with Crippen molar-refractivity contribution in [1.82, 2.24) is 10.2 Å². The van der Waals surface area contributed by atoms with Crippen LogP contribution >= 0.6 is 11.3 Å². The zero-order chi connectivity index (χ0) is 14.8. The largest absolute Gasteiger partial charge is 0.307 e. The Morgan fingerprint density at radius 2 is 2.10 bits per heavy atom. The van der Waals surface area contributed by atoms with E-state index in [2.05, 4.69) is 50.9 Å². The van der Waals surface area contributed by atoms with Crippen molar-refractivity contribution in [1.29, 1.82) is 0 Å². The van der Waals surface area contributed by atoms with Crippen LogP contribution in [0.5, 0.6) is 0 Å². The first-order valence-corrected chi connectivity index (χ1v) is 8.74. The monoisotopic (exact) mass is 294 g/mol. The molecule has 0 aromatic carbocycles. The topological polar surface area (TPSA) is 15.3 Å². The number of hydrogen-bond acceptors (Lipinski definition) is 3. The minimum absolute atomic E-state index is 0.194. The number of piperidine rings is 1. The molecule has 1 aromatic rings. The molecule has 1 N–H and O–H groups in total. The zero-order valence-electron chi connectivity index (χ0n) is 13.8. The number of aryl methyl sites for hydroxylation is 1. The Morgan fingerprint density at radius 3 is 2.75 bits per heavy atom. The van der Waals surface area contributed by atoms with Crippen LogP contribution in [0.2, 0.25) is 0 Å². The van der Waals surface area contributed by atoms with Gasteiger partial charge in [0.2, 0.25) is 0 Å². The molecule has 1 saturated heterocycles. The summed E-state index contributed by atoms with van der Waals surface area (Å²) in [7, 11) is 0. The Morgan fingerprint density at radius 1 is 1.35 bits per heavy atom. The van der Waals surface area contributed by atoms with Gasteiger partial charge in [0, 0.05) is 34.4 Å². The van der Waals surface area contributed by atoms with Crippen molar-refractivity contribution in [2.24, 2.45) is 0 Å². The number of thiophene rings is 1. The first kappa shape index (κ1) is 16.0. The number of rotatable bonds is 4. The predicted octanol–water partition coefficient (Wildman–Crippen LogP) is 4.32. The highest BCUT2D eigenvalue weighted by atomic mass is 32.1. The molecule has 0 radical (unpaired) electrons. The first-order chi connectivity index (χ1) is 9.35. The number of nitrogens with zero attached hydrogens (tertiary/aromatic N) is 1. The summed E-state index contributed by atoms with van der Waals surface area (Å²) < 4.78 is 0. The van der Waals surface area contributed by atoms with Gasteiger partial charge in [-0.15, -0.1) is 11.3 Å². The molecule has 0 saturated carbocycles. The molecule has 2 rings (SSSR count). The van der Waals surface area contributed by atoms with E-state index in [4.69, 9.17) is 0 Å². The van der Waals surface area contributed by atoms with Crippen molar-refractivity contribution < 1.29 is 0 Å². The smallest absolute Gasteiger partial charge is 0.0304 e. The third-order valence-electron chi connectivity index (χ3n) is 4.18. The Labute approximate surface area is 128 Å². The van der Waals surface area contributed by atoms with Gasteiger partial charge in [-0.2, -0.15) is 0 Å². The first-order valence-electron chi connectivity index (χ1n) is 7.92. The van der Waals surface area contributed by atoms with Crippen LogP contribution in [0.4, 0.5) is 0 Å². The van der Waals surface area contributed by atoms with E-state index in [0.29, 0.717) is 0 Å². The maximum absolute atomic E-state index is 3.59. The molecule has 0 bridgehead atoms. The lowest BCUT2D eigenvalue weighted by molar-refractivity contribution is 0.152. The number of hydrogen-bond donors (Lipinski definition) is 1. The molecule has 1 fully saturated rings. The third kappa shape index (κ3) is 4.57. The number of likely N-dealkylation sites (tertiary alicyclic amines) is 1. The highest BCUT2D eigenvalue weighted by molar-refractivity contribution is 7.12. The van der Waals surface area contributed by atoms with Gasteiger partial charge in [0.05, 0.1) is 0 Å². The van der Waals surface area contributed by atoms with Crippen LogP contribution in [0.3, 0.4) is 0 Å². The van der Waals surface area contributed by atoms with Crippen LogP contribution in [0.25, 0.3) is 0 Å². The van der Waals surface area contributed by atoms with Crippen LogP contribution < -0.4 is 5.32 Å². The van der Waals surface area contributed by atoms with Crippen LogP contribution in [0.15, 0.2) is 6.07 Å². The molecule has 3 heteroatoms. The van der Waals surface area contributed by atoms with Gasteiger partial charge in [-0.3, -0.25) is 4.90 Å². The summed E-state index contributed by atoms with van der Waals surface area (Å²) in [6.45, 7) is 14.7. The Kier molecular flexibility index (Phi) is 5.27. The highest BCUT2D eigenvalue weighted by Gasteiger charge is 2.20. The average molecular weight is 295 g/mol. The van der Waals surface area contributed by atoms with Gasteiger partial charge >= 0.3 is 0 Å². The predicted molar refractivity (Wildman–Crippen MR) is 89.4 cm³/mol. The second kappa shape index (κ2) is 6.59. The second-order valence-corrected chi connectivity index (χ2v) is 8.55. The minimum atomic E-state index is 0.194. The van der Waals surface area contributed by atoms with Gasteiger partial charge in [-0.25, -0.2) is 0 Å². The Hall–Kier alpha value is -0.380. The Balaban J connectivity index is 1.96. The van der Waals surface area contributed by atoms with Gasteiger partial charge in [0.15, 0.2) is 0 Å². The minimum Gasteiger partial charge on any atom is -0.307 e. The van der Waals surface area contributed by atoms with Crippen molar-refractivity contribution in [2.75, 3.05) is 6.54 Å². The fourth-order valence-corrected chi connectivity index (χ4v) is 3.79. The molecule has 1 atom stereocenters. The summed E-state index contributed by atoms with van der Waals surface area (Å²) in [5, 5.41) is 3.59. The fraction of sp³-hybridized carbons (Fsp3) is 0.765. The molecule has 2 heterocycles. The van der Waals surface area contributed by atoms with Gasteiger partial charge in [-0.05, 0) is 65.6 Å². The Bertz CT molecular complexity index is 431. The fourth-order valence-electron chi connectivity index (χ4n) is 2.80. The molecule has 1 unspecified atom stereocenters. The van der Waals surface area contributed by atoms with E-state index in [1.54, 1.807) is 0 Å².